The number of carbonyl (C=O) groups is 2. The molecule has 2 rings (SSSR count). The van der Waals surface area contributed by atoms with Crippen LogP contribution in [0.25, 0.3) is 0 Å². The number of ether oxygens (including phenoxy) is 1. The number of nitrogens with one attached hydrogen (secondary N) is 2. The van der Waals surface area contributed by atoms with Gasteiger partial charge in [0.25, 0.3) is 0 Å². The molecule has 1 fully saturated rings. The SMILES string of the molecule is CCCC(=O)Nc1ccc(CNC(=O)[C@@H]2CC[C@H](CN)O2)cc1.Cl. The van der Waals surface area contributed by atoms with Crippen LogP contribution in [0, 0.1) is 0 Å². The molecule has 0 spiro atoms. The van der Waals surface area contributed by atoms with Crippen LogP contribution in [-0.4, -0.2) is 30.6 Å². The fourth-order valence-electron chi connectivity index (χ4n) is 2.53. The molecular weight excluding hydrogens is 330 g/mol. The summed E-state index contributed by atoms with van der Waals surface area (Å²) in [7, 11) is 0. The molecule has 7 heteroatoms. The lowest BCUT2D eigenvalue weighted by molar-refractivity contribution is -0.132. The summed E-state index contributed by atoms with van der Waals surface area (Å²) in [5, 5.41) is 5.71. The maximum Gasteiger partial charge on any atom is 0.249 e. The number of hydrogen-bond acceptors (Lipinski definition) is 4. The molecule has 0 bridgehead atoms. The summed E-state index contributed by atoms with van der Waals surface area (Å²) in [6.07, 6.45) is 2.50. The maximum absolute atomic E-state index is 12.0. The van der Waals surface area contributed by atoms with Crippen molar-refractivity contribution in [2.24, 2.45) is 5.73 Å². The van der Waals surface area contributed by atoms with Crippen molar-refractivity contribution in [2.45, 2.75) is 51.4 Å². The summed E-state index contributed by atoms with van der Waals surface area (Å²) in [6, 6.07) is 7.46. The van der Waals surface area contributed by atoms with Crippen molar-refractivity contribution >= 4 is 29.9 Å². The molecule has 1 heterocycles. The van der Waals surface area contributed by atoms with Gasteiger partial charge < -0.3 is 21.1 Å². The van der Waals surface area contributed by atoms with Gasteiger partial charge in [-0.25, -0.2) is 0 Å². The fraction of sp³-hybridized carbons (Fsp3) is 0.529. The van der Waals surface area contributed by atoms with E-state index in [0.717, 1.165) is 30.5 Å². The number of benzene rings is 1. The molecule has 0 aromatic heterocycles. The van der Waals surface area contributed by atoms with E-state index in [2.05, 4.69) is 10.6 Å². The van der Waals surface area contributed by atoms with Gasteiger partial charge in [-0.05, 0) is 37.0 Å². The molecule has 0 saturated carbocycles. The topological polar surface area (TPSA) is 93.5 Å². The Hall–Kier alpha value is -1.63. The van der Waals surface area contributed by atoms with Crippen molar-refractivity contribution in [3.8, 4) is 0 Å². The first-order valence-corrected chi connectivity index (χ1v) is 8.14. The monoisotopic (exact) mass is 355 g/mol. The summed E-state index contributed by atoms with van der Waals surface area (Å²) < 4.78 is 5.56. The van der Waals surface area contributed by atoms with Gasteiger partial charge in [-0.15, -0.1) is 12.4 Å². The lowest BCUT2D eigenvalue weighted by Gasteiger charge is -2.13. The first-order valence-electron chi connectivity index (χ1n) is 8.14. The second kappa shape index (κ2) is 10.3. The minimum absolute atomic E-state index is 0. The van der Waals surface area contributed by atoms with E-state index in [1.54, 1.807) is 0 Å². The van der Waals surface area contributed by atoms with Crippen molar-refractivity contribution in [1.82, 2.24) is 5.32 Å². The molecular formula is C17H26ClN3O3. The first kappa shape index (κ1) is 20.4. The minimum Gasteiger partial charge on any atom is -0.364 e. The Balaban J connectivity index is 0.00000288. The largest absolute Gasteiger partial charge is 0.364 e. The van der Waals surface area contributed by atoms with Gasteiger partial charge in [0.1, 0.15) is 6.10 Å². The van der Waals surface area contributed by atoms with E-state index in [9.17, 15) is 9.59 Å². The maximum atomic E-state index is 12.0. The summed E-state index contributed by atoms with van der Waals surface area (Å²) in [5.41, 5.74) is 7.28. The van der Waals surface area contributed by atoms with Gasteiger partial charge in [-0.2, -0.15) is 0 Å². The van der Waals surface area contributed by atoms with E-state index in [-0.39, 0.29) is 30.3 Å². The van der Waals surface area contributed by atoms with Crippen molar-refractivity contribution < 1.29 is 14.3 Å². The molecule has 0 unspecified atom stereocenters. The molecule has 1 aromatic carbocycles. The second-order valence-electron chi connectivity index (χ2n) is 5.77. The van der Waals surface area contributed by atoms with Crippen LogP contribution in [0.1, 0.15) is 38.2 Å². The van der Waals surface area contributed by atoms with Gasteiger partial charge in [-0.1, -0.05) is 19.1 Å². The highest BCUT2D eigenvalue weighted by Gasteiger charge is 2.29. The van der Waals surface area contributed by atoms with Crippen LogP contribution >= 0.6 is 12.4 Å². The molecule has 24 heavy (non-hydrogen) atoms. The van der Waals surface area contributed by atoms with Crippen molar-refractivity contribution in [1.29, 1.82) is 0 Å². The highest BCUT2D eigenvalue weighted by molar-refractivity contribution is 5.90. The smallest absolute Gasteiger partial charge is 0.249 e. The predicted octanol–water partition coefficient (Wildman–Crippen LogP) is 1.97. The van der Waals surface area contributed by atoms with Crippen LogP contribution in [-0.2, 0) is 20.9 Å². The van der Waals surface area contributed by atoms with Crippen molar-refractivity contribution in [2.75, 3.05) is 11.9 Å². The summed E-state index contributed by atoms with van der Waals surface area (Å²) in [5.74, 6) is -0.0809. The third kappa shape index (κ3) is 6.11. The normalized spacial score (nSPS) is 19.4. The number of nitrogens with two attached hydrogens (primary N) is 1. The third-order valence-corrected chi connectivity index (χ3v) is 3.84. The number of rotatable bonds is 7. The van der Waals surface area contributed by atoms with Crippen molar-refractivity contribution in [3.05, 3.63) is 29.8 Å². The van der Waals surface area contributed by atoms with E-state index >= 15 is 0 Å². The fourth-order valence-corrected chi connectivity index (χ4v) is 2.53. The Bertz CT molecular complexity index is 536. The van der Waals surface area contributed by atoms with E-state index in [1.807, 2.05) is 31.2 Å². The molecule has 0 aliphatic carbocycles. The van der Waals surface area contributed by atoms with Crippen molar-refractivity contribution in [3.63, 3.8) is 0 Å². The van der Waals surface area contributed by atoms with Crippen LogP contribution < -0.4 is 16.4 Å². The quantitative estimate of drug-likeness (QED) is 0.697. The summed E-state index contributed by atoms with van der Waals surface area (Å²) in [6.45, 7) is 2.86. The van der Waals surface area contributed by atoms with Crippen LogP contribution in [0.3, 0.4) is 0 Å². The van der Waals surface area contributed by atoms with Crippen LogP contribution in [0.4, 0.5) is 5.69 Å². The zero-order chi connectivity index (χ0) is 16.7. The Morgan fingerprint density at radius 2 is 1.96 bits per heavy atom. The lowest BCUT2D eigenvalue weighted by atomic mass is 10.1. The number of amides is 2. The first-order chi connectivity index (χ1) is 11.1. The number of halogens is 1. The number of anilines is 1. The Morgan fingerprint density at radius 3 is 2.54 bits per heavy atom. The molecule has 0 radical (unpaired) electrons. The molecule has 134 valence electrons. The van der Waals surface area contributed by atoms with Crippen LogP contribution in [0.5, 0.6) is 0 Å². The molecule has 1 saturated heterocycles. The van der Waals surface area contributed by atoms with E-state index < -0.39 is 6.10 Å². The molecule has 6 nitrogen and oxygen atoms in total. The molecule has 1 aromatic rings. The molecule has 1 aliphatic rings. The van der Waals surface area contributed by atoms with E-state index in [1.165, 1.54) is 0 Å². The molecule has 2 atom stereocenters. The van der Waals surface area contributed by atoms with E-state index in [4.69, 9.17) is 10.5 Å². The number of hydrogen-bond donors (Lipinski definition) is 3. The molecule has 1 aliphatic heterocycles. The minimum atomic E-state index is -0.392. The number of carbonyl (C=O) groups excluding carboxylic acids is 2. The standard InChI is InChI=1S/C17H25N3O3.ClH/c1-2-3-16(21)20-13-6-4-12(5-7-13)11-19-17(22)15-9-8-14(10-18)23-15;/h4-7,14-15H,2-3,8-11,18H2,1H3,(H,19,22)(H,20,21);1H/t14-,15+;/m1./s1. The second-order valence-corrected chi connectivity index (χ2v) is 5.77. The van der Waals surface area contributed by atoms with Gasteiger partial charge in [0, 0.05) is 25.2 Å². The zero-order valence-electron chi connectivity index (χ0n) is 13.9. The van der Waals surface area contributed by atoms with Gasteiger partial charge in [0.2, 0.25) is 11.8 Å². The Morgan fingerprint density at radius 1 is 1.25 bits per heavy atom. The van der Waals surface area contributed by atoms with Gasteiger partial charge in [-0.3, -0.25) is 9.59 Å². The average Bonchev–Trinajstić information content (AvgIpc) is 3.03. The highest BCUT2D eigenvalue weighted by atomic mass is 35.5. The molecule has 4 N–H and O–H groups in total. The Labute approximate surface area is 148 Å². The van der Waals surface area contributed by atoms with Gasteiger partial charge in [0.05, 0.1) is 6.10 Å². The average molecular weight is 356 g/mol. The van der Waals surface area contributed by atoms with E-state index in [0.29, 0.717) is 19.5 Å². The van der Waals surface area contributed by atoms with Crippen LogP contribution in [0.2, 0.25) is 0 Å². The molecule has 2 amide bonds. The third-order valence-electron chi connectivity index (χ3n) is 3.84. The van der Waals surface area contributed by atoms with Gasteiger partial charge >= 0.3 is 0 Å². The lowest BCUT2D eigenvalue weighted by Crippen LogP contribution is -2.35. The van der Waals surface area contributed by atoms with Gasteiger partial charge in [0.15, 0.2) is 0 Å². The van der Waals surface area contributed by atoms with Crippen LogP contribution in [0.15, 0.2) is 24.3 Å². The predicted molar refractivity (Wildman–Crippen MR) is 96.0 cm³/mol. The highest BCUT2D eigenvalue weighted by Crippen LogP contribution is 2.19. The summed E-state index contributed by atoms with van der Waals surface area (Å²) >= 11 is 0. The summed E-state index contributed by atoms with van der Waals surface area (Å²) in [4.78, 5) is 23.6. The zero-order valence-corrected chi connectivity index (χ0v) is 14.7. The Kier molecular flexibility index (Phi) is 8.74.